The summed E-state index contributed by atoms with van der Waals surface area (Å²) in [5, 5.41) is 9.51. The molecule has 2 rings (SSSR count). The van der Waals surface area contributed by atoms with E-state index >= 15 is 0 Å². The zero-order valence-corrected chi connectivity index (χ0v) is 15.1. The summed E-state index contributed by atoms with van der Waals surface area (Å²) in [6.45, 7) is 6.25. The highest BCUT2D eigenvalue weighted by Crippen LogP contribution is 2.32. The largest absolute Gasteiger partial charge is 0.478 e. The van der Waals surface area contributed by atoms with E-state index in [2.05, 4.69) is 36.7 Å². The molecular weight excluding hydrogens is 356 g/mol. The molecule has 0 amide bonds. The van der Waals surface area contributed by atoms with Crippen LogP contribution in [-0.4, -0.2) is 17.2 Å². The molecule has 122 valence electrons. The van der Waals surface area contributed by atoms with Crippen molar-refractivity contribution in [2.24, 2.45) is 0 Å². The fourth-order valence-corrected chi connectivity index (χ4v) is 2.62. The minimum atomic E-state index is -0.961. The van der Waals surface area contributed by atoms with Crippen LogP contribution >= 0.6 is 15.9 Å². The SMILES string of the molecule is CC(C)(C)c1ccccc1O[C@@H](Cc1ccc(Br)cc1)C(=O)O. The van der Waals surface area contributed by atoms with Gasteiger partial charge >= 0.3 is 5.97 Å². The Hall–Kier alpha value is -1.81. The molecule has 1 atom stereocenters. The van der Waals surface area contributed by atoms with Crippen molar-refractivity contribution >= 4 is 21.9 Å². The van der Waals surface area contributed by atoms with Crippen molar-refractivity contribution in [1.29, 1.82) is 0 Å². The number of halogens is 1. The molecular formula is C19H21BrO3. The Labute approximate surface area is 145 Å². The van der Waals surface area contributed by atoms with Crippen LogP contribution in [0.2, 0.25) is 0 Å². The van der Waals surface area contributed by atoms with E-state index in [1.807, 2.05) is 48.5 Å². The third-order valence-electron chi connectivity index (χ3n) is 3.57. The monoisotopic (exact) mass is 376 g/mol. The first-order valence-electron chi connectivity index (χ1n) is 7.51. The summed E-state index contributed by atoms with van der Waals surface area (Å²) in [6.07, 6.45) is -0.596. The van der Waals surface area contributed by atoms with Gasteiger partial charge in [-0.3, -0.25) is 0 Å². The first kappa shape index (κ1) is 17.5. The van der Waals surface area contributed by atoms with Crippen LogP contribution in [0, 0.1) is 0 Å². The van der Waals surface area contributed by atoms with Crippen LogP contribution in [0.3, 0.4) is 0 Å². The molecule has 0 spiro atoms. The second-order valence-corrected chi connectivity index (χ2v) is 7.44. The molecule has 0 bridgehead atoms. The average Bonchev–Trinajstić information content (AvgIpc) is 2.48. The van der Waals surface area contributed by atoms with Crippen LogP contribution in [-0.2, 0) is 16.6 Å². The summed E-state index contributed by atoms with van der Waals surface area (Å²) < 4.78 is 6.82. The summed E-state index contributed by atoms with van der Waals surface area (Å²) in [7, 11) is 0. The predicted octanol–water partition coefficient (Wildman–Crippen LogP) is 4.82. The van der Waals surface area contributed by atoms with E-state index in [1.165, 1.54) is 0 Å². The maximum absolute atomic E-state index is 11.6. The molecule has 3 nitrogen and oxygen atoms in total. The molecule has 0 saturated heterocycles. The molecule has 0 aromatic heterocycles. The molecule has 0 unspecified atom stereocenters. The van der Waals surface area contributed by atoms with Crippen LogP contribution in [0.15, 0.2) is 53.0 Å². The number of carbonyl (C=O) groups is 1. The lowest BCUT2D eigenvalue weighted by atomic mass is 9.86. The highest BCUT2D eigenvalue weighted by Gasteiger charge is 2.24. The maximum Gasteiger partial charge on any atom is 0.345 e. The predicted molar refractivity (Wildman–Crippen MR) is 95.0 cm³/mol. The fourth-order valence-electron chi connectivity index (χ4n) is 2.36. The maximum atomic E-state index is 11.6. The van der Waals surface area contributed by atoms with Gasteiger partial charge in [-0.05, 0) is 34.7 Å². The van der Waals surface area contributed by atoms with Gasteiger partial charge in [0.25, 0.3) is 0 Å². The molecule has 0 aliphatic rings. The van der Waals surface area contributed by atoms with Gasteiger partial charge in [-0.15, -0.1) is 0 Å². The number of hydrogen-bond donors (Lipinski definition) is 1. The first-order valence-corrected chi connectivity index (χ1v) is 8.30. The van der Waals surface area contributed by atoms with Crippen molar-refractivity contribution in [3.8, 4) is 5.75 Å². The van der Waals surface area contributed by atoms with Gasteiger partial charge in [0.2, 0.25) is 0 Å². The minimum absolute atomic E-state index is 0.114. The molecule has 2 aromatic carbocycles. The van der Waals surface area contributed by atoms with E-state index in [0.29, 0.717) is 12.2 Å². The standard InChI is InChI=1S/C19H21BrO3/c1-19(2,3)15-6-4-5-7-16(15)23-17(18(21)22)12-13-8-10-14(20)11-9-13/h4-11,17H,12H2,1-3H3,(H,21,22)/t17-/m0/s1. The molecule has 0 aliphatic heterocycles. The molecule has 23 heavy (non-hydrogen) atoms. The summed E-state index contributed by atoms with van der Waals surface area (Å²) in [4.78, 5) is 11.6. The Morgan fingerprint density at radius 2 is 1.74 bits per heavy atom. The Bertz CT molecular complexity index is 672. The molecule has 4 heteroatoms. The number of carboxylic acid groups (broad SMARTS) is 1. The number of benzene rings is 2. The molecule has 0 fully saturated rings. The lowest BCUT2D eigenvalue weighted by molar-refractivity contribution is -0.145. The van der Waals surface area contributed by atoms with Gasteiger partial charge in [-0.2, -0.15) is 0 Å². The van der Waals surface area contributed by atoms with E-state index in [-0.39, 0.29) is 5.41 Å². The first-order chi connectivity index (χ1) is 10.8. The van der Waals surface area contributed by atoms with Crippen molar-refractivity contribution < 1.29 is 14.6 Å². The van der Waals surface area contributed by atoms with Crippen molar-refractivity contribution in [3.05, 3.63) is 64.1 Å². The van der Waals surface area contributed by atoms with Crippen molar-refractivity contribution in [2.75, 3.05) is 0 Å². The van der Waals surface area contributed by atoms with Crippen molar-refractivity contribution in [2.45, 2.75) is 38.7 Å². The third kappa shape index (κ3) is 4.83. The average molecular weight is 377 g/mol. The van der Waals surface area contributed by atoms with Crippen LogP contribution in [0.5, 0.6) is 5.75 Å². The Kier molecular flexibility index (Phi) is 5.47. The van der Waals surface area contributed by atoms with E-state index in [0.717, 1.165) is 15.6 Å². The molecule has 0 heterocycles. The number of aliphatic carboxylic acids is 1. The number of ether oxygens (including phenoxy) is 1. The van der Waals surface area contributed by atoms with Crippen LogP contribution in [0.1, 0.15) is 31.9 Å². The number of hydrogen-bond acceptors (Lipinski definition) is 2. The second kappa shape index (κ2) is 7.18. The zero-order valence-electron chi connectivity index (χ0n) is 13.5. The van der Waals surface area contributed by atoms with Crippen LogP contribution in [0.4, 0.5) is 0 Å². The Morgan fingerprint density at radius 1 is 1.13 bits per heavy atom. The molecule has 0 radical (unpaired) electrons. The second-order valence-electron chi connectivity index (χ2n) is 6.52. The minimum Gasteiger partial charge on any atom is -0.478 e. The quantitative estimate of drug-likeness (QED) is 0.813. The van der Waals surface area contributed by atoms with Gasteiger partial charge in [0, 0.05) is 10.9 Å². The summed E-state index contributed by atoms with van der Waals surface area (Å²) in [5.74, 6) is -0.332. The highest BCUT2D eigenvalue weighted by atomic mass is 79.9. The molecule has 0 aliphatic carbocycles. The van der Waals surface area contributed by atoms with Crippen LogP contribution < -0.4 is 4.74 Å². The van der Waals surface area contributed by atoms with Gasteiger partial charge in [-0.1, -0.05) is 67.0 Å². The Balaban J connectivity index is 2.24. The normalized spacial score (nSPS) is 12.7. The molecule has 2 aromatic rings. The van der Waals surface area contributed by atoms with E-state index in [9.17, 15) is 9.90 Å². The number of para-hydroxylation sites is 1. The van der Waals surface area contributed by atoms with Gasteiger partial charge in [-0.25, -0.2) is 4.79 Å². The van der Waals surface area contributed by atoms with Gasteiger partial charge in [0.05, 0.1) is 0 Å². The third-order valence-corrected chi connectivity index (χ3v) is 4.10. The van der Waals surface area contributed by atoms with E-state index in [1.54, 1.807) is 0 Å². The summed E-state index contributed by atoms with van der Waals surface area (Å²) in [6, 6.07) is 15.2. The highest BCUT2D eigenvalue weighted by molar-refractivity contribution is 9.10. The van der Waals surface area contributed by atoms with Crippen LogP contribution in [0.25, 0.3) is 0 Å². The molecule has 1 N–H and O–H groups in total. The van der Waals surface area contributed by atoms with Gasteiger partial charge in [0.1, 0.15) is 5.75 Å². The van der Waals surface area contributed by atoms with E-state index in [4.69, 9.17) is 4.74 Å². The molecule has 0 saturated carbocycles. The fraction of sp³-hybridized carbons (Fsp3) is 0.316. The van der Waals surface area contributed by atoms with Gasteiger partial charge < -0.3 is 9.84 Å². The summed E-state index contributed by atoms with van der Waals surface area (Å²) >= 11 is 3.38. The number of rotatable bonds is 5. The van der Waals surface area contributed by atoms with E-state index < -0.39 is 12.1 Å². The lowest BCUT2D eigenvalue weighted by Gasteiger charge is -2.24. The smallest absolute Gasteiger partial charge is 0.345 e. The van der Waals surface area contributed by atoms with Crippen molar-refractivity contribution in [3.63, 3.8) is 0 Å². The summed E-state index contributed by atoms with van der Waals surface area (Å²) in [5.41, 5.74) is 1.81. The van der Waals surface area contributed by atoms with Crippen molar-refractivity contribution in [1.82, 2.24) is 0 Å². The lowest BCUT2D eigenvalue weighted by Crippen LogP contribution is -2.30. The topological polar surface area (TPSA) is 46.5 Å². The van der Waals surface area contributed by atoms with Gasteiger partial charge in [0.15, 0.2) is 6.10 Å². The Morgan fingerprint density at radius 3 is 2.30 bits per heavy atom. The zero-order chi connectivity index (χ0) is 17.0. The number of carboxylic acids is 1.